The highest BCUT2D eigenvalue weighted by molar-refractivity contribution is 5.83. The third-order valence-corrected chi connectivity index (χ3v) is 5.35. The van der Waals surface area contributed by atoms with Gasteiger partial charge in [-0.15, -0.1) is 10.2 Å². The molecule has 0 atom stereocenters. The van der Waals surface area contributed by atoms with E-state index in [1.807, 2.05) is 46.9 Å². The molecule has 2 aromatic heterocycles. The zero-order chi connectivity index (χ0) is 19.8. The molecule has 4 aromatic rings. The van der Waals surface area contributed by atoms with E-state index in [-0.39, 0.29) is 11.3 Å². The van der Waals surface area contributed by atoms with Gasteiger partial charge in [0.25, 0.3) is 5.56 Å². The molecule has 7 heteroatoms. The predicted molar refractivity (Wildman–Crippen MR) is 113 cm³/mol. The maximum Gasteiger partial charge on any atom is 0.263 e. The van der Waals surface area contributed by atoms with Gasteiger partial charge in [-0.3, -0.25) is 9.36 Å². The Bertz CT molecular complexity index is 1270. The minimum atomic E-state index is -0.193. The first-order valence-electron chi connectivity index (χ1n) is 9.79. The molecule has 0 amide bonds. The van der Waals surface area contributed by atoms with Crippen LogP contribution in [-0.2, 0) is 6.54 Å². The summed E-state index contributed by atoms with van der Waals surface area (Å²) in [6.45, 7) is 2.21. The molecule has 1 aliphatic heterocycles. The van der Waals surface area contributed by atoms with E-state index in [1.54, 1.807) is 16.7 Å². The van der Waals surface area contributed by atoms with Crippen LogP contribution in [0.15, 0.2) is 59.4 Å². The summed E-state index contributed by atoms with van der Waals surface area (Å²) in [5.41, 5.74) is 1.58. The molecule has 1 fully saturated rings. The van der Waals surface area contributed by atoms with Crippen molar-refractivity contribution < 1.29 is 5.11 Å². The van der Waals surface area contributed by atoms with Gasteiger partial charge < -0.3 is 10.0 Å². The molecule has 5 rings (SSSR count). The number of nitrogens with zero attached hydrogens (tertiary/aromatic N) is 5. The maximum absolute atomic E-state index is 13.2. The van der Waals surface area contributed by atoms with E-state index in [0.717, 1.165) is 37.4 Å². The summed E-state index contributed by atoms with van der Waals surface area (Å²) in [7, 11) is 0. The highest BCUT2D eigenvalue weighted by Gasteiger charge is 2.22. The standard InChI is InChI=1S/C22H21N5O2/c28-17-10-11-19-18(15-17)20(29)26(14-6-9-16-7-2-1-3-8-16)22-24-23-21(27(19)22)25-12-4-5-13-25/h1-3,6-11,15,28H,4-5,12-14H2/b9-6+. The van der Waals surface area contributed by atoms with Gasteiger partial charge in [0, 0.05) is 19.6 Å². The summed E-state index contributed by atoms with van der Waals surface area (Å²) in [6, 6.07) is 14.8. The number of rotatable bonds is 4. The van der Waals surface area contributed by atoms with E-state index in [1.165, 1.54) is 6.07 Å². The number of phenols is 1. The second-order valence-corrected chi connectivity index (χ2v) is 7.26. The molecule has 0 bridgehead atoms. The van der Waals surface area contributed by atoms with Crippen molar-refractivity contribution in [2.45, 2.75) is 19.4 Å². The van der Waals surface area contributed by atoms with E-state index in [0.29, 0.717) is 23.2 Å². The third-order valence-electron chi connectivity index (χ3n) is 5.35. The number of benzene rings is 2. The van der Waals surface area contributed by atoms with Gasteiger partial charge in [-0.25, -0.2) is 4.40 Å². The fourth-order valence-corrected chi connectivity index (χ4v) is 3.93. The zero-order valence-corrected chi connectivity index (χ0v) is 15.9. The molecule has 0 unspecified atom stereocenters. The van der Waals surface area contributed by atoms with Gasteiger partial charge in [-0.05, 0) is 36.6 Å². The first-order valence-corrected chi connectivity index (χ1v) is 9.79. The van der Waals surface area contributed by atoms with Crippen molar-refractivity contribution in [3.05, 3.63) is 70.5 Å². The lowest BCUT2D eigenvalue weighted by Gasteiger charge is -2.16. The highest BCUT2D eigenvalue weighted by Crippen LogP contribution is 2.25. The fraction of sp³-hybridized carbons (Fsp3) is 0.227. The van der Waals surface area contributed by atoms with Crippen LogP contribution in [0.5, 0.6) is 5.75 Å². The molecular weight excluding hydrogens is 366 g/mol. The maximum atomic E-state index is 13.2. The number of anilines is 1. The largest absolute Gasteiger partial charge is 0.508 e. The summed E-state index contributed by atoms with van der Waals surface area (Å²) in [5, 5.41) is 19.2. The SMILES string of the molecule is O=c1c2cc(O)ccc2n2c(N3CCCC3)nnc2n1C/C=C/c1ccccc1. The molecule has 1 aliphatic rings. The van der Waals surface area contributed by atoms with Gasteiger partial charge in [0.1, 0.15) is 5.75 Å². The van der Waals surface area contributed by atoms with Crippen molar-refractivity contribution in [1.29, 1.82) is 0 Å². The zero-order valence-electron chi connectivity index (χ0n) is 15.9. The molecule has 29 heavy (non-hydrogen) atoms. The first-order chi connectivity index (χ1) is 14.2. The lowest BCUT2D eigenvalue weighted by atomic mass is 10.2. The van der Waals surface area contributed by atoms with Crippen molar-refractivity contribution in [2.75, 3.05) is 18.0 Å². The van der Waals surface area contributed by atoms with Crippen LogP contribution in [0, 0.1) is 0 Å². The van der Waals surface area contributed by atoms with Gasteiger partial charge in [-0.1, -0.05) is 42.5 Å². The lowest BCUT2D eigenvalue weighted by Crippen LogP contribution is -2.25. The minimum absolute atomic E-state index is 0.0659. The molecule has 3 heterocycles. The van der Waals surface area contributed by atoms with E-state index >= 15 is 0 Å². The van der Waals surface area contributed by atoms with Crippen LogP contribution in [0.3, 0.4) is 0 Å². The monoisotopic (exact) mass is 387 g/mol. The van der Waals surface area contributed by atoms with Gasteiger partial charge in [0.15, 0.2) is 0 Å². The Balaban J connectivity index is 1.68. The quantitative estimate of drug-likeness (QED) is 0.582. The molecule has 1 saturated heterocycles. The third kappa shape index (κ3) is 3.04. The van der Waals surface area contributed by atoms with Crippen LogP contribution in [0.1, 0.15) is 18.4 Å². The first kappa shape index (κ1) is 17.5. The number of fused-ring (bicyclic) bond motifs is 3. The Hall–Kier alpha value is -3.61. The summed E-state index contributed by atoms with van der Waals surface area (Å²) in [5.74, 6) is 1.32. The Kier molecular flexibility index (Phi) is 4.27. The van der Waals surface area contributed by atoms with Crippen molar-refractivity contribution in [1.82, 2.24) is 19.2 Å². The van der Waals surface area contributed by atoms with Crippen molar-refractivity contribution >= 4 is 28.7 Å². The number of allylic oxidation sites excluding steroid dienone is 1. The molecule has 2 aromatic carbocycles. The van der Waals surface area contributed by atoms with E-state index in [9.17, 15) is 9.90 Å². The lowest BCUT2D eigenvalue weighted by molar-refractivity contribution is 0.476. The van der Waals surface area contributed by atoms with Crippen molar-refractivity contribution in [3.8, 4) is 5.75 Å². The Morgan fingerprint density at radius 2 is 1.83 bits per heavy atom. The Morgan fingerprint density at radius 3 is 2.62 bits per heavy atom. The summed E-state index contributed by atoms with van der Waals surface area (Å²) < 4.78 is 3.53. The smallest absolute Gasteiger partial charge is 0.263 e. The van der Waals surface area contributed by atoms with Gasteiger partial charge >= 0.3 is 0 Å². The molecule has 0 radical (unpaired) electrons. The highest BCUT2D eigenvalue weighted by atomic mass is 16.3. The van der Waals surface area contributed by atoms with Crippen LogP contribution >= 0.6 is 0 Å². The Morgan fingerprint density at radius 1 is 1.03 bits per heavy atom. The average Bonchev–Trinajstić information content (AvgIpc) is 3.41. The van der Waals surface area contributed by atoms with Crippen molar-refractivity contribution in [3.63, 3.8) is 0 Å². The van der Waals surface area contributed by atoms with E-state index in [2.05, 4.69) is 15.1 Å². The van der Waals surface area contributed by atoms with E-state index < -0.39 is 0 Å². The molecule has 146 valence electrons. The number of aromatic hydroxyl groups is 1. The van der Waals surface area contributed by atoms with Crippen LogP contribution in [0.25, 0.3) is 22.8 Å². The fourth-order valence-electron chi connectivity index (χ4n) is 3.93. The summed E-state index contributed by atoms with van der Waals surface area (Å²) in [4.78, 5) is 15.4. The molecule has 1 N–H and O–H groups in total. The van der Waals surface area contributed by atoms with Crippen LogP contribution in [0.2, 0.25) is 0 Å². The number of hydrogen-bond donors (Lipinski definition) is 1. The van der Waals surface area contributed by atoms with Crippen LogP contribution in [0.4, 0.5) is 5.95 Å². The average molecular weight is 387 g/mol. The topological polar surface area (TPSA) is 75.7 Å². The van der Waals surface area contributed by atoms with Crippen LogP contribution < -0.4 is 10.5 Å². The van der Waals surface area contributed by atoms with Gasteiger partial charge in [0.05, 0.1) is 10.9 Å². The second-order valence-electron chi connectivity index (χ2n) is 7.26. The molecule has 7 nitrogen and oxygen atoms in total. The molecule has 0 spiro atoms. The number of hydrogen-bond acceptors (Lipinski definition) is 5. The molecular formula is C22H21N5O2. The molecule has 0 aliphatic carbocycles. The molecule has 0 saturated carbocycles. The van der Waals surface area contributed by atoms with Gasteiger partial charge in [-0.2, -0.15) is 0 Å². The van der Waals surface area contributed by atoms with Crippen molar-refractivity contribution in [2.24, 2.45) is 0 Å². The number of phenolic OH excluding ortho intramolecular Hbond substituents is 1. The normalized spacial score (nSPS) is 14.6. The summed E-state index contributed by atoms with van der Waals surface area (Å²) in [6.07, 6.45) is 6.16. The van der Waals surface area contributed by atoms with Gasteiger partial charge in [0.2, 0.25) is 11.7 Å². The second kappa shape index (κ2) is 7.09. The van der Waals surface area contributed by atoms with Crippen LogP contribution in [-0.4, -0.2) is 37.4 Å². The van der Waals surface area contributed by atoms with E-state index in [4.69, 9.17) is 0 Å². The Labute approximate surface area is 167 Å². The summed E-state index contributed by atoms with van der Waals surface area (Å²) >= 11 is 0. The number of aromatic nitrogens is 4. The minimum Gasteiger partial charge on any atom is -0.508 e. The predicted octanol–water partition coefficient (Wildman–Crippen LogP) is 3.06.